The highest BCUT2D eigenvalue weighted by Crippen LogP contribution is 2.21. The Morgan fingerprint density at radius 1 is 1.03 bits per heavy atom. The number of rotatable bonds is 4. The van der Waals surface area contributed by atoms with Gasteiger partial charge in [-0.25, -0.2) is 0 Å². The standard InChI is InChI=1S/C27H19Cl2N3O2S/c1-16-8-11-20(12-17(16)2)31-25(33)22(15-30)27-32(21-6-4-3-5-7-21)26(34)24(35-27)13-18-9-10-19(28)14-23(18)29/h3-14H,1-2H3,(H,31,33)/b24-13+,27-22+. The van der Waals surface area contributed by atoms with Crippen LogP contribution in [0, 0.1) is 25.2 Å². The van der Waals surface area contributed by atoms with Gasteiger partial charge in [-0.05, 0) is 73.0 Å². The van der Waals surface area contributed by atoms with Crippen molar-refractivity contribution in [1.82, 2.24) is 4.57 Å². The van der Waals surface area contributed by atoms with Crippen LogP contribution in [-0.2, 0) is 4.79 Å². The fourth-order valence-corrected chi connectivity index (χ4v) is 4.99. The number of benzene rings is 3. The van der Waals surface area contributed by atoms with Crippen LogP contribution in [0.1, 0.15) is 16.7 Å². The Morgan fingerprint density at radius 2 is 1.77 bits per heavy atom. The molecule has 0 radical (unpaired) electrons. The summed E-state index contributed by atoms with van der Waals surface area (Å²) in [5, 5.41) is 13.6. The number of nitrogens with zero attached hydrogens (tertiary/aromatic N) is 2. The lowest BCUT2D eigenvalue weighted by Crippen LogP contribution is -2.32. The molecular weight excluding hydrogens is 501 g/mol. The number of hydrogen-bond acceptors (Lipinski definition) is 4. The number of nitrogens with one attached hydrogen (secondary N) is 1. The number of hydrogen-bond donors (Lipinski definition) is 1. The summed E-state index contributed by atoms with van der Waals surface area (Å²) in [6.07, 6.45) is 1.63. The number of aryl methyl sites for hydroxylation is 2. The second-order valence-corrected chi connectivity index (χ2v) is 9.67. The van der Waals surface area contributed by atoms with Crippen LogP contribution in [0.5, 0.6) is 0 Å². The molecule has 3 aromatic carbocycles. The summed E-state index contributed by atoms with van der Waals surface area (Å²) in [6.45, 7) is 3.92. The molecule has 35 heavy (non-hydrogen) atoms. The van der Waals surface area contributed by atoms with Gasteiger partial charge in [0, 0.05) is 15.7 Å². The van der Waals surface area contributed by atoms with Crippen LogP contribution < -0.4 is 20.1 Å². The average molecular weight is 520 g/mol. The average Bonchev–Trinajstić information content (AvgIpc) is 3.14. The van der Waals surface area contributed by atoms with Crippen LogP contribution in [0.3, 0.4) is 0 Å². The van der Waals surface area contributed by atoms with Gasteiger partial charge in [-0.15, -0.1) is 11.3 Å². The Morgan fingerprint density at radius 3 is 2.43 bits per heavy atom. The third-order valence-corrected chi connectivity index (χ3v) is 7.06. The van der Waals surface area contributed by atoms with Crippen molar-refractivity contribution in [3.8, 4) is 11.8 Å². The van der Waals surface area contributed by atoms with Gasteiger partial charge in [0.1, 0.15) is 10.7 Å². The van der Waals surface area contributed by atoms with Gasteiger partial charge in [0.15, 0.2) is 5.57 Å². The maximum atomic E-state index is 13.5. The summed E-state index contributed by atoms with van der Waals surface area (Å²) in [5.74, 6) is -0.599. The fraction of sp³-hybridized carbons (Fsp3) is 0.0741. The number of para-hydroxylation sites is 1. The van der Waals surface area contributed by atoms with E-state index in [0.717, 1.165) is 22.5 Å². The number of aromatic nitrogens is 1. The molecule has 0 spiro atoms. The maximum absolute atomic E-state index is 13.5. The molecule has 1 heterocycles. The highest BCUT2D eigenvalue weighted by atomic mass is 35.5. The molecule has 0 saturated carbocycles. The minimum atomic E-state index is -0.599. The number of carbonyl (C=O) groups is 1. The molecule has 174 valence electrons. The molecule has 0 aliphatic carbocycles. The minimum absolute atomic E-state index is 0.170. The Balaban J connectivity index is 1.95. The van der Waals surface area contributed by atoms with Crippen molar-refractivity contribution >= 4 is 57.8 Å². The van der Waals surface area contributed by atoms with Gasteiger partial charge in [-0.3, -0.25) is 14.2 Å². The SMILES string of the molecule is Cc1ccc(NC(=O)/C(C#N)=c2/s/c(=C/c3ccc(Cl)cc3Cl)c(=O)n2-c2ccccc2)cc1C. The molecule has 1 aromatic heterocycles. The summed E-state index contributed by atoms with van der Waals surface area (Å²) in [6, 6.07) is 21.3. The Bertz CT molecular complexity index is 1670. The zero-order valence-electron chi connectivity index (χ0n) is 18.8. The third kappa shape index (κ3) is 5.23. The molecule has 0 aliphatic heterocycles. The first-order chi connectivity index (χ1) is 16.8. The normalized spacial score (nSPS) is 12.3. The third-order valence-electron chi connectivity index (χ3n) is 5.40. The van der Waals surface area contributed by atoms with Crippen LogP contribution in [0.15, 0.2) is 71.5 Å². The van der Waals surface area contributed by atoms with Crippen molar-refractivity contribution in [2.24, 2.45) is 0 Å². The molecule has 4 rings (SSSR count). The monoisotopic (exact) mass is 519 g/mol. The predicted molar refractivity (Wildman–Crippen MR) is 143 cm³/mol. The first-order valence-electron chi connectivity index (χ1n) is 10.6. The molecule has 0 bridgehead atoms. The fourth-order valence-electron chi connectivity index (χ4n) is 3.43. The number of nitriles is 1. The van der Waals surface area contributed by atoms with Crippen molar-refractivity contribution in [1.29, 1.82) is 5.26 Å². The molecule has 4 aromatic rings. The Kier molecular flexibility index (Phi) is 7.23. The van der Waals surface area contributed by atoms with Crippen molar-refractivity contribution in [3.63, 3.8) is 0 Å². The van der Waals surface area contributed by atoms with Crippen LogP contribution >= 0.6 is 34.5 Å². The first kappa shape index (κ1) is 24.5. The molecule has 0 unspecified atom stereocenters. The molecule has 1 amide bonds. The lowest BCUT2D eigenvalue weighted by Gasteiger charge is -2.07. The Hall–Kier alpha value is -3.63. The molecule has 0 aliphatic rings. The lowest BCUT2D eigenvalue weighted by molar-refractivity contribution is -0.111. The predicted octanol–water partition coefficient (Wildman–Crippen LogP) is 4.96. The van der Waals surface area contributed by atoms with Gasteiger partial charge < -0.3 is 5.32 Å². The van der Waals surface area contributed by atoms with E-state index in [-0.39, 0.29) is 15.8 Å². The zero-order valence-corrected chi connectivity index (χ0v) is 21.1. The van der Waals surface area contributed by atoms with Crippen molar-refractivity contribution in [2.75, 3.05) is 5.32 Å². The van der Waals surface area contributed by atoms with E-state index in [4.69, 9.17) is 23.2 Å². The van der Waals surface area contributed by atoms with E-state index in [9.17, 15) is 14.9 Å². The summed E-state index contributed by atoms with van der Waals surface area (Å²) in [4.78, 5) is 26.6. The number of carbonyl (C=O) groups excluding carboxylic acids is 1. The first-order valence-corrected chi connectivity index (χ1v) is 12.1. The minimum Gasteiger partial charge on any atom is -0.321 e. The van der Waals surface area contributed by atoms with Crippen LogP contribution in [0.4, 0.5) is 5.69 Å². The molecule has 1 N–H and O–H groups in total. The van der Waals surface area contributed by atoms with Crippen molar-refractivity contribution in [2.45, 2.75) is 13.8 Å². The van der Waals surface area contributed by atoms with Gasteiger partial charge in [0.2, 0.25) is 0 Å². The molecule has 5 nitrogen and oxygen atoms in total. The summed E-state index contributed by atoms with van der Waals surface area (Å²) >= 11 is 13.4. The van der Waals surface area contributed by atoms with E-state index >= 15 is 0 Å². The van der Waals surface area contributed by atoms with Crippen molar-refractivity contribution in [3.05, 3.63) is 113 Å². The zero-order chi connectivity index (χ0) is 25.1. The van der Waals surface area contributed by atoms with Crippen LogP contribution in [-0.4, -0.2) is 10.5 Å². The quantitative estimate of drug-likeness (QED) is 0.413. The summed E-state index contributed by atoms with van der Waals surface area (Å²) < 4.78 is 1.92. The highest BCUT2D eigenvalue weighted by Gasteiger charge is 2.17. The van der Waals surface area contributed by atoms with E-state index < -0.39 is 5.91 Å². The van der Waals surface area contributed by atoms with Crippen LogP contribution in [0.2, 0.25) is 10.0 Å². The largest absolute Gasteiger partial charge is 0.321 e. The van der Waals surface area contributed by atoms with E-state index in [1.54, 1.807) is 54.6 Å². The second kappa shape index (κ2) is 10.3. The van der Waals surface area contributed by atoms with E-state index in [1.165, 1.54) is 4.57 Å². The smallest absolute Gasteiger partial charge is 0.273 e. The van der Waals surface area contributed by atoms with E-state index in [0.29, 0.717) is 31.5 Å². The van der Waals surface area contributed by atoms with E-state index in [2.05, 4.69) is 5.32 Å². The number of anilines is 1. The highest BCUT2D eigenvalue weighted by molar-refractivity contribution is 7.07. The van der Waals surface area contributed by atoms with E-state index in [1.807, 2.05) is 38.1 Å². The molecular formula is C27H19Cl2N3O2S. The second-order valence-electron chi connectivity index (χ2n) is 7.80. The number of halogens is 2. The van der Waals surface area contributed by atoms with Crippen LogP contribution in [0.25, 0.3) is 17.3 Å². The molecule has 0 saturated heterocycles. The van der Waals surface area contributed by atoms with Crippen molar-refractivity contribution < 1.29 is 4.79 Å². The number of amides is 1. The molecule has 8 heteroatoms. The lowest BCUT2D eigenvalue weighted by atomic mass is 10.1. The topological polar surface area (TPSA) is 74.9 Å². The van der Waals surface area contributed by atoms with Gasteiger partial charge in [-0.1, -0.05) is 53.5 Å². The van der Waals surface area contributed by atoms with Gasteiger partial charge in [0.05, 0.1) is 10.2 Å². The molecule has 0 fully saturated rings. The molecule has 0 atom stereocenters. The number of thiazole rings is 1. The Labute approximate surface area is 215 Å². The summed E-state index contributed by atoms with van der Waals surface area (Å²) in [5.41, 5.74) is 3.26. The summed E-state index contributed by atoms with van der Waals surface area (Å²) in [7, 11) is 0. The van der Waals surface area contributed by atoms with Gasteiger partial charge in [0.25, 0.3) is 11.5 Å². The van der Waals surface area contributed by atoms with Gasteiger partial charge in [-0.2, -0.15) is 5.26 Å². The maximum Gasteiger partial charge on any atom is 0.273 e. The van der Waals surface area contributed by atoms with Gasteiger partial charge >= 0.3 is 0 Å².